The van der Waals surface area contributed by atoms with E-state index in [1.165, 1.54) is 7.11 Å². The zero-order valence-electron chi connectivity index (χ0n) is 13.0. The minimum Gasteiger partial charge on any atom is -0.497 e. The molecular formula is C17H18N2O4. The van der Waals surface area contributed by atoms with Crippen molar-refractivity contribution in [3.05, 3.63) is 54.1 Å². The van der Waals surface area contributed by atoms with E-state index in [4.69, 9.17) is 9.47 Å². The van der Waals surface area contributed by atoms with E-state index in [2.05, 4.69) is 10.6 Å². The van der Waals surface area contributed by atoms with Crippen molar-refractivity contribution in [2.45, 2.75) is 0 Å². The van der Waals surface area contributed by atoms with Gasteiger partial charge in [-0.05, 0) is 24.3 Å². The topological polar surface area (TPSA) is 76.7 Å². The van der Waals surface area contributed by atoms with Crippen molar-refractivity contribution in [2.24, 2.45) is 0 Å². The van der Waals surface area contributed by atoms with Crippen LogP contribution in [0.1, 0.15) is 10.4 Å². The van der Waals surface area contributed by atoms with Crippen LogP contribution in [-0.4, -0.2) is 32.6 Å². The Hall–Kier alpha value is -3.02. The molecule has 0 aliphatic heterocycles. The Bertz CT molecular complexity index is 700. The quantitative estimate of drug-likeness (QED) is 0.801. The van der Waals surface area contributed by atoms with Gasteiger partial charge in [0.05, 0.1) is 26.3 Å². The molecule has 2 N–H and O–H groups in total. The fourth-order valence-corrected chi connectivity index (χ4v) is 2.01. The Balaban J connectivity index is 1.98. The van der Waals surface area contributed by atoms with E-state index in [1.54, 1.807) is 55.6 Å². The van der Waals surface area contributed by atoms with E-state index in [9.17, 15) is 9.59 Å². The van der Waals surface area contributed by atoms with Gasteiger partial charge in [0.1, 0.15) is 5.75 Å². The van der Waals surface area contributed by atoms with Gasteiger partial charge in [-0.1, -0.05) is 18.2 Å². The molecule has 0 unspecified atom stereocenters. The summed E-state index contributed by atoms with van der Waals surface area (Å²) in [7, 11) is 2.88. The molecule has 0 radical (unpaired) electrons. The Morgan fingerprint density at radius 1 is 1.04 bits per heavy atom. The van der Waals surface area contributed by atoms with Crippen molar-refractivity contribution in [2.75, 3.05) is 31.4 Å². The fraction of sp³-hybridized carbons (Fsp3) is 0.176. The predicted molar refractivity (Wildman–Crippen MR) is 87.9 cm³/mol. The van der Waals surface area contributed by atoms with Gasteiger partial charge in [-0.25, -0.2) is 4.79 Å². The maximum Gasteiger partial charge on any atom is 0.339 e. The summed E-state index contributed by atoms with van der Waals surface area (Å²) < 4.78 is 9.81. The molecule has 0 aliphatic carbocycles. The number of rotatable bonds is 6. The van der Waals surface area contributed by atoms with Crippen LogP contribution >= 0.6 is 0 Å². The zero-order chi connectivity index (χ0) is 16.7. The number of carbonyl (C=O) groups excluding carboxylic acids is 2. The summed E-state index contributed by atoms with van der Waals surface area (Å²) in [5, 5.41) is 5.68. The summed E-state index contributed by atoms with van der Waals surface area (Å²) in [6.07, 6.45) is 0. The fourth-order valence-electron chi connectivity index (χ4n) is 2.01. The number of carbonyl (C=O) groups is 2. The average Bonchev–Trinajstić information content (AvgIpc) is 2.59. The van der Waals surface area contributed by atoms with Crippen molar-refractivity contribution < 1.29 is 19.1 Å². The van der Waals surface area contributed by atoms with Gasteiger partial charge in [-0.2, -0.15) is 0 Å². The van der Waals surface area contributed by atoms with Crippen molar-refractivity contribution in [1.29, 1.82) is 0 Å². The third-order valence-corrected chi connectivity index (χ3v) is 3.13. The number of hydrogen-bond donors (Lipinski definition) is 2. The predicted octanol–water partition coefficient (Wildman–Crippen LogP) is 2.53. The smallest absolute Gasteiger partial charge is 0.339 e. The Morgan fingerprint density at radius 3 is 2.57 bits per heavy atom. The molecule has 0 atom stereocenters. The maximum atomic E-state index is 12.0. The highest BCUT2D eigenvalue weighted by Crippen LogP contribution is 2.17. The zero-order valence-corrected chi connectivity index (χ0v) is 13.0. The van der Waals surface area contributed by atoms with Crippen LogP contribution < -0.4 is 15.4 Å². The number of esters is 1. The molecule has 0 saturated carbocycles. The highest BCUT2D eigenvalue weighted by Gasteiger charge is 2.11. The molecule has 120 valence electrons. The second-order valence-electron chi connectivity index (χ2n) is 4.67. The molecular weight excluding hydrogens is 296 g/mol. The van der Waals surface area contributed by atoms with E-state index in [1.807, 2.05) is 0 Å². The molecule has 0 fully saturated rings. The lowest BCUT2D eigenvalue weighted by molar-refractivity contribution is -0.114. The number of para-hydroxylation sites is 1. The molecule has 6 nitrogen and oxygen atoms in total. The SMILES string of the molecule is COC(=O)c1ccccc1NCC(=O)Nc1cccc(OC)c1. The molecule has 2 rings (SSSR count). The third-order valence-electron chi connectivity index (χ3n) is 3.13. The van der Waals surface area contributed by atoms with Gasteiger partial charge in [0.25, 0.3) is 0 Å². The minimum atomic E-state index is -0.457. The maximum absolute atomic E-state index is 12.0. The molecule has 2 aromatic carbocycles. The van der Waals surface area contributed by atoms with Gasteiger partial charge >= 0.3 is 5.97 Å². The van der Waals surface area contributed by atoms with Crippen LogP contribution in [0.25, 0.3) is 0 Å². The normalized spacial score (nSPS) is 9.83. The van der Waals surface area contributed by atoms with Gasteiger partial charge in [0.15, 0.2) is 0 Å². The van der Waals surface area contributed by atoms with Crippen molar-refractivity contribution >= 4 is 23.3 Å². The van der Waals surface area contributed by atoms with Crippen LogP contribution in [0.15, 0.2) is 48.5 Å². The first-order valence-electron chi connectivity index (χ1n) is 6.99. The van der Waals surface area contributed by atoms with Gasteiger partial charge in [0, 0.05) is 17.4 Å². The van der Waals surface area contributed by atoms with Gasteiger partial charge in [-0.15, -0.1) is 0 Å². The standard InChI is InChI=1S/C17H18N2O4/c1-22-13-7-5-6-12(10-13)19-16(20)11-18-15-9-4-3-8-14(15)17(21)23-2/h3-10,18H,11H2,1-2H3,(H,19,20). The van der Waals surface area contributed by atoms with E-state index < -0.39 is 5.97 Å². The molecule has 0 saturated heterocycles. The van der Waals surface area contributed by atoms with Crippen LogP contribution in [0, 0.1) is 0 Å². The van der Waals surface area contributed by atoms with E-state index >= 15 is 0 Å². The third kappa shape index (κ3) is 4.47. The Labute approximate surface area is 134 Å². The molecule has 0 aromatic heterocycles. The van der Waals surface area contributed by atoms with E-state index in [-0.39, 0.29) is 12.5 Å². The first kappa shape index (κ1) is 16.4. The molecule has 1 amide bonds. The summed E-state index contributed by atoms with van der Waals surface area (Å²) >= 11 is 0. The average molecular weight is 314 g/mol. The van der Waals surface area contributed by atoms with Gasteiger partial charge in [0.2, 0.25) is 5.91 Å². The van der Waals surface area contributed by atoms with Crippen LogP contribution in [-0.2, 0) is 9.53 Å². The van der Waals surface area contributed by atoms with Crippen molar-refractivity contribution in [1.82, 2.24) is 0 Å². The number of amides is 1. The largest absolute Gasteiger partial charge is 0.497 e. The van der Waals surface area contributed by atoms with E-state index in [0.717, 1.165) is 0 Å². The lowest BCUT2D eigenvalue weighted by Gasteiger charge is -2.11. The summed E-state index contributed by atoms with van der Waals surface area (Å²) in [5.74, 6) is -0.0361. The molecule has 2 aromatic rings. The highest BCUT2D eigenvalue weighted by molar-refractivity contribution is 5.98. The second-order valence-corrected chi connectivity index (χ2v) is 4.67. The molecule has 6 heteroatoms. The van der Waals surface area contributed by atoms with Crippen LogP contribution in [0.3, 0.4) is 0 Å². The van der Waals surface area contributed by atoms with E-state index in [0.29, 0.717) is 22.7 Å². The van der Waals surface area contributed by atoms with Gasteiger partial charge in [-0.3, -0.25) is 4.79 Å². The highest BCUT2D eigenvalue weighted by atomic mass is 16.5. The van der Waals surface area contributed by atoms with Crippen LogP contribution in [0.5, 0.6) is 5.75 Å². The number of anilines is 2. The molecule has 0 spiro atoms. The number of hydrogen-bond acceptors (Lipinski definition) is 5. The van der Waals surface area contributed by atoms with Crippen LogP contribution in [0.4, 0.5) is 11.4 Å². The number of methoxy groups -OCH3 is 2. The summed E-state index contributed by atoms with van der Waals surface area (Å²) in [5.41, 5.74) is 1.56. The molecule has 23 heavy (non-hydrogen) atoms. The summed E-state index contributed by atoms with van der Waals surface area (Å²) in [6, 6.07) is 13.9. The Morgan fingerprint density at radius 2 is 1.83 bits per heavy atom. The second kappa shape index (κ2) is 7.84. The van der Waals surface area contributed by atoms with Crippen LogP contribution in [0.2, 0.25) is 0 Å². The summed E-state index contributed by atoms with van der Waals surface area (Å²) in [4.78, 5) is 23.7. The number of ether oxygens (including phenoxy) is 2. The minimum absolute atomic E-state index is 0.0191. The molecule has 0 bridgehead atoms. The molecule has 0 aliphatic rings. The Kier molecular flexibility index (Phi) is 5.57. The molecule has 0 heterocycles. The lowest BCUT2D eigenvalue weighted by Crippen LogP contribution is -2.22. The number of nitrogens with one attached hydrogen (secondary N) is 2. The van der Waals surface area contributed by atoms with Gasteiger partial charge < -0.3 is 20.1 Å². The summed E-state index contributed by atoms with van der Waals surface area (Å²) in [6.45, 7) is 0.0191. The van der Waals surface area contributed by atoms with Crippen molar-refractivity contribution in [3.8, 4) is 5.75 Å². The monoisotopic (exact) mass is 314 g/mol. The first-order chi connectivity index (χ1) is 11.1. The first-order valence-corrected chi connectivity index (χ1v) is 6.99. The van der Waals surface area contributed by atoms with Crippen molar-refractivity contribution in [3.63, 3.8) is 0 Å². The lowest BCUT2D eigenvalue weighted by atomic mass is 10.2. The number of benzene rings is 2.